The summed E-state index contributed by atoms with van der Waals surface area (Å²) in [5.41, 5.74) is 1.96. The Bertz CT molecular complexity index is 466. The summed E-state index contributed by atoms with van der Waals surface area (Å²) in [7, 11) is 0. The molecule has 0 saturated carbocycles. The first-order valence-electron chi connectivity index (χ1n) is 5.10. The van der Waals surface area contributed by atoms with Gasteiger partial charge in [0.2, 0.25) is 0 Å². The van der Waals surface area contributed by atoms with Crippen molar-refractivity contribution < 1.29 is 4.74 Å². The van der Waals surface area contributed by atoms with Crippen molar-refractivity contribution in [3.63, 3.8) is 0 Å². The topological polar surface area (TPSA) is 64.9 Å². The van der Waals surface area contributed by atoms with Crippen LogP contribution in [0.2, 0.25) is 0 Å². The van der Waals surface area contributed by atoms with Crippen LogP contribution in [0.15, 0.2) is 30.6 Å². The van der Waals surface area contributed by atoms with Gasteiger partial charge in [-0.25, -0.2) is 0 Å². The quantitative estimate of drug-likeness (QED) is 0.809. The van der Waals surface area contributed by atoms with Crippen LogP contribution in [0.3, 0.4) is 0 Å². The van der Waals surface area contributed by atoms with Crippen molar-refractivity contribution in [1.82, 2.24) is 20.2 Å². The number of hydrogen-bond donors (Lipinski definition) is 1. The molecule has 1 aromatic heterocycles. The number of rotatable bonds is 3. The van der Waals surface area contributed by atoms with Gasteiger partial charge in [-0.15, -0.1) is 5.10 Å². The smallest absolute Gasteiger partial charge is 0.143 e. The third kappa shape index (κ3) is 1.63. The molecule has 0 spiro atoms. The van der Waals surface area contributed by atoms with E-state index in [1.54, 1.807) is 11.0 Å². The second-order valence-corrected chi connectivity index (χ2v) is 3.65. The molecule has 1 fully saturated rings. The lowest BCUT2D eigenvalue weighted by molar-refractivity contribution is 0.0211. The Hall–Kier alpha value is -1.95. The third-order valence-corrected chi connectivity index (χ3v) is 2.50. The van der Waals surface area contributed by atoms with E-state index in [-0.39, 0.29) is 0 Å². The third-order valence-electron chi connectivity index (χ3n) is 2.50. The van der Waals surface area contributed by atoms with E-state index in [1.165, 1.54) is 0 Å². The Morgan fingerprint density at radius 1 is 1.31 bits per heavy atom. The lowest BCUT2D eigenvalue weighted by Gasteiger charge is -2.28. The lowest BCUT2D eigenvalue weighted by atomic mass is 10.2. The van der Waals surface area contributed by atoms with Gasteiger partial charge in [-0.05, 0) is 22.6 Å². The number of aromatic nitrogens is 4. The Morgan fingerprint density at radius 3 is 2.88 bits per heavy atom. The van der Waals surface area contributed by atoms with Gasteiger partial charge < -0.3 is 10.1 Å². The largest absolute Gasteiger partial charge is 0.377 e. The molecule has 82 valence electrons. The van der Waals surface area contributed by atoms with Crippen LogP contribution in [-0.2, 0) is 4.74 Å². The summed E-state index contributed by atoms with van der Waals surface area (Å²) in [6, 6.07) is 8.31. The molecular formula is C10H11N5O. The van der Waals surface area contributed by atoms with Crippen molar-refractivity contribution in [1.29, 1.82) is 0 Å². The molecule has 0 aliphatic carbocycles. The number of nitrogens with one attached hydrogen (secondary N) is 1. The summed E-state index contributed by atoms with van der Waals surface area (Å²) in [5.74, 6) is 0. The highest BCUT2D eigenvalue weighted by atomic mass is 16.5. The SMILES string of the molecule is c1ccc(-n2cnnn2)c(NC2COC2)c1. The van der Waals surface area contributed by atoms with Crippen molar-refractivity contribution >= 4 is 5.69 Å². The standard InChI is InChI=1S/C10H11N5O/c1-2-4-10(15-7-11-13-14-15)9(3-1)12-8-5-16-6-8/h1-4,7-8,12H,5-6H2. The minimum atomic E-state index is 0.387. The molecule has 0 amide bonds. The number of anilines is 1. The van der Waals surface area contributed by atoms with E-state index >= 15 is 0 Å². The highest BCUT2D eigenvalue weighted by Gasteiger charge is 2.19. The Balaban J connectivity index is 1.91. The van der Waals surface area contributed by atoms with Crippen LogP contribution in [0.5, 0.6) is 0 Å². The van der Waals surface area contributed by atoms with Crippen molar-refractivity contribution in [2.45, 2.75) is 6.04 Å². The maximum atomic E-state index is 5.13. The normalized spacial score (nSPS) is 15.8. The van der Waals surface area contributed by atoms with Crippen LogP contribution < -0.4 is 5.32 Å². The molecule has 1 aromatic carbocycles. The molecular weight excluding hydrogens is 206 g/mol. The van der Waals surface area contributed by atoms with E-state index in [0.717, 1.165) is 24.6 Å². The molecule has 6 nitrogen and oxygen atoms in total. The molecule has 2 aromatic rings. The van der Waals surface area contributed by atoms with Crippen molar-refractivity contribution in [3.05, 3.63) is 30.6 Å². The van der Waals surface area contributed by atoms with Crippen molar-refractivity contribution in [3.8, 4) is 5.69 Å². The molecule has 0 unspecified atom stereocenters. The van der Waals surface area contributed by atoms with Gasteiger partial charge in [-0.2, -0.15) is 4.68 Å². The number of nitrogens with zero attached hydrogens (tertiary/aromatic N) is 4. The fourth-order valence-electron chi connectivity index (χ4n) is 1.61. The van der Waals surface area contributed by atoms with E-state index in [9.17, 15) is 0 Å². The minimum absolute atomic E-state index is 0.387. The van der Waals surface area contributed by atoms with Crippen molar-refractivity contribution in [2.24, 2.45) is 0 Å². The van der Waals surface area contributed by atoms with Gasteiger partial charge in [-0.3, -0.25) is 0 Å². The van der Waals surface area contributed by atoms with Crippen molar-refractivity contribution in [2.75, 3.05) is 18.5 Å². The van der Waals surface area contributed by atoms with Gasteiger partial charge >= 0.3 is 0 Å². The fourth-order valence-corrected chi connectivity index (χ4v) is 1.61. The average molecular weight is 217 g/mol. The summed E-state index contributed by atoms with van der Waals surface area (Å²) in [6.07, 6.45) is 1.58. The summed E-state index contributed by atoms with van der Waals surface area (Å²) in [5, 5.41) is 14.5. The van der Waals surface area contributed by atoms with Gasteiger partial charge in [0, 0.05) is 0 Å². The van der Waals surface area contributed by atoms with Crippen LogP contribution >= 0.6 is 0 Å². The average Bonchev–Trinajstić information content (AvgIpc) is 2.77. The molecule has 0 radical (unpaired) electrons. The number of tetrazole rings is 1. The highest BCUT2D eigenvalue weighted by Crippen LogP contribution is 2.20. The van der Waals surface area contributed by atoms with E-state index in [2.05, 4.69) is 20.8 Å². The molecule has 0 bridgehead atoms. The summed E-state index contributed by atoms with van der Waals surface area (Å²) in [6.45, 7) is 1.51. The lowest BCUT2D eigenvalue weighted by Crippen LogP contribution is -2.40. The Morgan fingerprint density at radius 2 is 2.19 bits per heavy atom. The van der Waals surface area contributed by atoms with Gasteiger partial charge in [0.15, 0.2) is 0 Å². The zero-order chi connectivity index (χ0) is 10.8. The van der Waals surface area contributed by atoms with Gasteiger partial charge in [-0.1, -0.05) is 12.1 Å². The Kier molecular flexibility index (Phi) is 2.26. The fraction of sp³-hybridized carbons (Fsp3) is 0.300. The zero-order valence-corrected chi connectivity index (χ0v) is 8.58. The molecule has 1 aliphatic heterocycles. The van der Waals surface area contributed by atoms with Crippen LogP contribution in [-0.4, -0.2) is 39.5 Å². The zero-order valence-electron chi connectivity index (χ0n) is 8.58. The molecule has 1 aliphatic rings. The van der Waals surface area contributed by atoms with Gasteiger partial charge in [0.1, 0.15) is 6.33 Å². The van der Waals surface area contributed by atoms with E-state index < -0.39 is 0 Å². The van der Waals surface area contributed by atoms with Crippen LogP contribution in [0.1, 0.15) is 0 Å². The monoisotopic (exact) mass is 217 g/mol. The number of benzene rings is 1. The van der Waals surface area contributed by atoms with Gasteiger partial charge in [0.25, 0.3) is 0 Å². The summed E-state index contributed by atoms with van der Waals surface area (Å²) >= 11 is 0. The molecule has 1 saturated heterocycles. The predicted octanol–water partition coefficient (Wildman–Crippen LogP) is 0.473. The first-order valence-corrected chi connectivity index (χ1v) is 5.10. The second-order valence-electron chi connectivity index (χ2n) is 3.65. The summed E-state index contributed by atoms with van der Waals surface area (Å²) in [4.78, 5) is 0. The minimum Gasteiger partial charge on any atom is -0.377 e. The van der Waals surface area contributed by atoms with E-state index in [4.69, 9.17) is 4.74 Å². The number of para-hydroxylation sites is 2. The molecule has 16 heavy (non-hydrogen) atoms. The number of ether oxygens (including phenoxy) is 1. The molecule has 2 heterocycles. The van der Waals surface area contributed by atoms with Gasteiger partial charge in [0.05, 0.1) is 30.6 Å². The maximum Gasteiger partial charge on any atom is 0.143 e. The van der Waals surface area contributed by atoms with E-state index in [0.29, 0.717) is 6.04 Å². The molecule has 1 N–H and O–H groups in total. The number of hydrogen-bond acceptors (Lipinski definition) is 5. The van der Waals surface area contributed by atoms with Crippen LogP contribution in [0, 0.1) is 0 Å². The maximum absolute atomic E-state index is 5.13. The molecule has 0 atom stereocenters. The summed E-state index contributed by atoms with van der Waals surface area (Å²) < 4.78 is 6.77. The molecule has 3 rings (SSSR count). The first kappa shape index (κ1) is 9.29. The first-order chi connectivity index (χ1) is 7.93. The highest BCUT2D eigenvalue weighted by molar-refractivity contribution is 5.61. The predicted molar refractivity (Wildman–Crippen MR) is 57.4 cm³/mol. The van der Waals surface area contributed by atoms with Crippen LogP contribution in [0.4, 0.5) is 5.69 Å². The second kappa shape index (κ2) is 3.90. The molecule has 6 heteroatoms. The van der Waals surface area contributed by atoms with Crippen LogP contribution in [0.25, 0.3) is 5.69 Å². The van der Waals surface area contributed by atoms with E-state index in [1.807, 2.05) is 24.3 Å². The Labute approximate surface area is 92.2 Å².